The molecule has 0 bridgehead atoms. The summed E-state index contributed by atoms with van der Waals surface area (Å²) in [5.41, 5.74) is 1.05. The quantitative estimate of drug-likeness (QED) is 0.736. The van der Waals surface area contributed by atoms with Crippen molar-refractivity contribution in [1.82, 2.24) is 19.7 Å². The number of thiophene rings is 1. The average molecular weight is 338 g/mol. The first kappa shape index (κ1) is 15.1. The van der Waals surface area contributed by atoms with Crippen LogP contribution in [-0.2, 0) is 0 Å². The van der Waals surface area contributed by atoms with Crippen molar-refractivity contribution in [3.8, 4) is 5.69 Å². The van der Waals surface area contributed by atoms with Crippen LogP contribution in [0.3, 0.4) is 0 Å². The summed E-state index contributed by atoms with van der Waals surface area (Å²) >= 11 is 1.50. The molecule has 0 saturated carbocycles. The Bertz CT molecular complexity index is 813. The topological polar surface area (TPSA) is 51.0 Å². The minimum atomic E-state index is 0.125. The lowest BCUT2D eigenvalue weighted by Crippen LogP contribution is -2.39. The van der Waals surface area contributed by atoms with Gasteiger partial charge in [-0.3, -0.25) is 9.36 Å². The SMILES string of the molecule is O=C(c1cccs1)N1CCC[C@@H](c2nncn2-c2ccccc2)C1. The first-order valence-corrected chi connectivity index (χ1v) is 8.99. The van der Waals surface area contributed by atoms with Gasteiger partial charge in [-0.15, -0.1) is 21.5 Å². The second kappa shape index (κ2) is 6.57. The molecular formula is C18H18N4OS. The molecule has 1 fully saturated rings. The first-order valence-electron chi connectivity index (χ1n) is 8.11. The first-order chi connectivity index (χ1) is 11.8. The van der Waals surface area contributed by atoms with Gasteiger partial charge in [0.25, 0.3) is 5.91 Å². The fourth-order valence-electron chi connectivity index (χ4n) is 3.24. The van der Waals surface area contributed by atoms with Gasteiger partial charge in [-0.2, -0.15) is 0 Å². The zero-order chi connectivity index (χ0) is 16.4. The summed E-state index contributed by atoms with van der Waals surface area (Å²) in [6.45, 7) is 1.51. The average Bonchev–Trinajstić information content (AvgIpc) is 3.34. The molecule has 3 aromatic rings. The minimum Gasteiger partial charge on any atom is -0.337 e. The maximum Gasteiger partial charge on any atom is 0.263 e. The number of nitrogens with zero attached hydrogens (tertiary/aromatic N) is 4. The van der Waals surface area contributed by atoms with Gasteiger partial charge in [0.1, 0.15) is 12.2 Å². The van der Waals surface area contributed by atoms with Crippen molar-refractivity contribution in [3.05, 3.63) is 64.9 Å². The number of carbonyl (C=O) groups excluding carboxylic acids is 1. The largest absolute Gasteiger partial charge is 0.337 e. The smallest absolute Gasteiger partial charge is 0.263 e. The molecule has 1 amide bonds. The van der Waals surface area contributed by atoms with Crippen molar-refractivity contribution in [1.29, 1.82) is 0 Å². The van der Waals surface area contributed by atoms with E-state index in [9.17, 15) is 4.79 Å². The van der Waals surface area contributed by atoms with E-state index in [4.69, 9.17) is 0 Å². The molecule has 0 radical (unpaired) electrons. The van der Waals surface area contributed by atoms with Crippen LogP contribution in [0.15, 0.2) is 54.2 Å². The highest BCUT2D eigenvalue weighted by Crippen LogP contribution is 2.28. The third-order valence-corrected chi connectivity index (χ3v) is 5.27. The standard InChI is InChI=1S/C18H18N4OS/c23-18(16-9-5-11-24-16)21-10-4-6-14(12-21)17-20-19-13-22(17)15-7-2-1-3-8-15/h1-3,5,7-9,11,13-14H,4,6,10,12H2/t14-/m1/s1. The van der Waals surface area contributed by atoms with Gasteiger partial charge in [0.2, 0.25) is 0 Å². The zero-order valence-electron chi connectivity index (χ0n) is 13.2. The van der Waals surface area contributed by atoms with Crippen LogP contribution in [-0.4, -0.2) is 38.7 Å². The summed E-state index contributed by atoms with van der Waals surface area (Å²) in [5.74, 6) is 1.27. The third kappa shape index (κ3) is 2.85. The third-order valence-electron chi connectivity index (χ3n) is 4.41. The van der Waals surface area contributed by atoms with Crippen molar-refractivity contribution < 1.29 is 4.79 Å². The maximum atomic E-state index is 12.6. The van der Waals surface area contributed by atoms with Gasteiger partial charge in [-0.25, -0.2) is 0 Å². The molecule has 4 rings (SSSR count). The summed E-state index contributed by atoms with van der Waals surface area (Å²) in [7, 11) is 0. The van der Waals surface area contributed by atoms with E-state index in [1.807, 2.05) is 57.3 Å². The van der Waals surface area contributed by atoms with Crippen molar-refractivity contribution in [2.45, 2.75) is 18.8 Å². The van der Waals surface area contributed by atoms with Crippen molar-refractivity contribution in [3.63, 3.8) is 0 Å². The van der Waals surface area contributed by atoms with E-state index >= 15 is 0 Å². The summed E-state index contributed by atoms with van der Waals surface area (Å²) in [4.78, 5) is 15.4. The Hall–Kier alpha value is -2.47. The molecule has 6 heteroatoms. The van der Waals surface area contributed by atoms with Gasteiger partial charge < -0.3 is 4.90 Å². The number of piperidine rings is 1. The van der Waals surface area contributed by atoms with Crippen LogP contribution in [0.4, 0.5) is 0 Å². The molecule has 0 spiro atoms. The lowest BCUT2D eigenvalue weighted by Gasteiger charge is -2.32. The van der Waals surface area contributed by atoms with E-state index in [2.05, 4.69) is 10.2 Å². The predicted octanol–water partition coefficient (Wildman–Crippen LogP) is 3.35. The van der Waals surface area contributed by atoms with Gasteiger partial charge in [0.05, 0.1) is 4.88 Å². The maximum absolute atomic E-state index is 12.6. The molecule has 1 aromatic carbocycles. The van der Waals surface area contributed by atoms with E-state index in [0.29, 0.717) is 6.54 Å². The number of hydrogen-bond acceptors (Lipinski definition) is 4. The normalized spacial score (nSPS) is 17.8. The van der Waals surface area contributed by atoms with E-state index < -0.39 is 0 Å². The molecule has 0 unspecified atom stereocenters. The Kier molecular flexibility index (Phi) is 4.13. The number of carbonyl (C=O) groups is 1. The number of rotatable bonds is 3. The van der Waals surface area contributed by atoms with Crippen molar-refractivity contribution in [2.24, 2.45) is 0 Å². The van der Waals surface area contributed by atoms with Crippen LogP contribution in [0.1, 0.15) is 34.3 Å². The van der Waals surface area contributed by atoms with E-state index in [1.165, 1.54) is 11.3 Å². The van der Waals surface area contributed by atoms with Crippen LogP contribution >= 0.6 is 11.3 Å². The highest BCUT2D eigenvalue weighted by atomic mass is 32.1. The lowest BCUT2D eigenvalue weighted by atomic mass is 9.97. The van der Waals surface area contributed by atoms with Gasteiger partial charge >= 0.3 is 0 Å². The highest BCUT2D eigenvalue weighted by Gasteiger charge is 2.29. The van der Waals surface area contributed by atoms with Crippen LogP contribution in [0, 0.1) is 0 Å². The number of hydrogen-bond donors (Lipinski definition) is 0. The number of para-hydroxylation sites is 1. The second-order valence-corrected chi connectivity index (χ2v) is 6.91. The Morgan fingerprint density at radius 3 is 2.83 bits per heavy atom. The molecule has 122 valence electrons. The molecule has 3 heterocycles. The van der Waals surface area contributed by atoms with Crippen LogP contribution in [0.2, 0.25) is 0 Å². The monoisotopic (exact) mass is 338 g/mol. The van der Waals surface area contributed by atoms with E-state index in [1.54, 1.807) is 6.33 Å². The molecule has 5 nitrogen and oxygen atoms in total. The molecule has 1 aliphatic heterocycles. The summed E-state index contributed by atoms with van der Waals surface area (Å²) < 4.78 is 2.03. The van der Waals surface area contributed by atoms with Gasteiger partial charge in [-0.05, 0) is 36.4 Å². The Morgan fingerprint density at radius 1 is 1.17 bits per heavy atom. The number of amides is 1. The molecular weight excluding hydrogens is 320 g/mol. The van der Waals surface area contributed by atoms with Gasteiger partial charge in [-0.1, -0.05) is 24.3 Å². The van der Waals surface area contributed by atoms with E-state index in [-0.39, 0.29) is 11.8 Å². The van der Waals surface area contributed by atoms with Crippen molar-refractivity contribution >= 4 is 17.2 Å². The highest BCUT2D eigenvalue weighted by molar-refractivity contribution is 7.12. The van der Waals surface area contributed by atoms with Gasteiger partial charge in [0.15, 0.2) is 0 Å². The van der Waals surface area contributed by atoms with Gasteiger partial charge in [0, 0.05) is 24.7 Å². The Balaban J connectivity index is 1.57. The fourth-order valence-corrected chi connectivity index (χ4v) is 3.93. The fraction of sp³-hybridized carbons (Fsp3) is 0.278. The molecule has 2 aromatic heterocycles. The number of benzene rings is 1. The van der Waals surface area contributed by atoms with Crippen molar-refractivity contribution in [2.75, 3.05) is 13.1 Å². The van der Waals surface area contributed by atoms with Crippen LogP contribution < -0.4 is 0 Å². The lowest BCUT2D eigenvalue weighted by molar-refractivity contribution is 0.0709. The summed E-state index contributed by atoms with van der Waals surface area (Å²) in [6.07, 6.45) is 3.77. The molecule has 1 saturated heterocycles. The van der Waals surface area contributed by atoms with Crippen LogP contribution in [0.5, 0.6) is 0 Å². The summed E-state index contributed by atoms with van der Waals surface area (Å²) in [6, 6.07) is 13.9. The number of aromatic nitrogens is 3. The summed E-state index contributed by atoms with van der Waals surface area (Å²) in [5, 5.41) is 10.4. The Morgan fingerprint density at radius 2 is 2.04 bits per heavy atom. The molecule has 0 N–H and O–H groups in total. The van der Waals surface area contributed by atoms with E-state index in [0.717, 1.165) is 35.8 Å². The second-order valence-electron chi connectivity index (χ2n) is 5.96. The molecule has 1 aliphatic rings. The molecule has 0 aliphatic carbocycles. The van der Waals surface area contributed by atoms with Crippen LogP contribution in [0.25, 0.3) is 5.69 Å². The Labute approximate surface area is 144 Å². The zero-order valence-corrected chi connectivity index (χ0v) is 14.0. The minimum absolute atomic E-state index is 0.125. The molecule has 1 atom stereocenters. The predicted molar refractivity (Wildman–Crippen MR) is 93.6 cm³/mol. The molecule has 24 heavy (non-hydrogen) atoms. The number of likely N-dealkylation sites (tertiary alicyclic amines) is 1.